The van der Waals surface area contributed by atoms with Gasteiger partial charge in [-0.3, -0.25) is 4.98 Å². The zero-order valence-corrected chi connectivity index (χ0v) is 13.5. The van der Waals surface area contributed by atoms with E-state index in [2.05, 4.69) is 36.8 Å². The van der Waals surface area contributed by atoms with E-state index in [9.17, 15) is 5.11 Å². The number of fused-ring (bicyclic) bond motifs is 1. The normalized spacial score (nSPS) is 14.9. The van der Waals surface area contributed by atoms with E-state index in [0.717, 1.165) is 8.95 Å². The van der Waals surface area contributed by atoms with Crippen molar-refractivity contribution in [2.75, 3.05) is 13.2 Å². The second-order valence-electron chi connectivity index (χ2n) is 4.33. The van der Waals surface area contributed by atoms with Crippen LogP contribution in [0.3, 0.4) is 0 Å². The number of rotatable bonds is 2. The van der Waals surface area contributed by atoms with Crippen LogP contribution in [0.4, 0.5) is 0 Å². The van der Waals surface area contributed by atoms with Gasteiger partial charge in [-0.15, -0.1) is 0 Å². The quantitative estimate of drug-likeness (QED) is 0.838. The Morgan fingerprint density at radius 3 is 2.60 bits per heavy atom. The maximum atomic E-state index is 10.5. The Labute approximate surface area is 133 Å². The van der Waals surface area contributed by atoms with Crippen LogP contribution in [-0.4, -0.2) is 23.3 Å². The van der Waals surface area contributed by atoms with Crippen LogP contribution in [0.5, 0.6) is 11.5 Å². The molecule has 1 atom stereocenters. The van der Waals surface area contributed by atoms with Crippen molar-refractivity contribution in [2.24, 2.45) is 0 Å². The Hall–Kier alpha value is -1.11. The molecule has 0 amide bonds. The molecule has 0 aliphatic carbocycles. The average molecular weight is 401 g/mol. The van der Waals surface area contributed by atoms with Crippen molar-refractivity contribution in [2.45, 2.75) is 6.10 Å². The Morgan fingerprint density at radius 1 is 1.10 bits per heavy atom. The van der Waals surface area contributed by atoms with E-state index >= 15 is 0 Å². The zero-order chi connectivity index (χ0) is 14.1. The van der Waals surface area contributed by atoms with Crippen LogP contribution in [0.1, 0.15) is 17.4 Å². The molecular formula is C14H11Br2NO3. The lowest BCUT2D eigenvalue weighted by Crippen LogP contribution is -2.15. The lowest BCUT2D eigenvalue weighted by Gasteiger charge is -2.20. The Balaban J connectivity index is 1.95. The van der Waals surface area contributed by atoms with Crippen LogP contribution in [0.15, 0.2) is 39.4 Å². The van der Waals surface area contributed by atoms with Gasteiger partial charge in [-0.2, -0.15) is 0 Å². The molecule has 6 heteroatoms. The first kappa shape index (κ1) is 13.9. The second-order valence-corrected chi connectivity index (χ2v) is 6.10. The van der Waals surface area contributed by atoms with Crippen molar-refractivity contribution in [1.82, 2.24) is 4.98 Å². The van der Waals surface area contributed by atoms with Gasteiger partial charge in [0.2, 0.25) is 0 Å². The van der Waals surface area contributed by atoms with Gasteiger partial charge in [0.25, 0.3) is 0 Å². The fourth-order valence-electron chi connectivity index (χ4n) is 2.01. The molecule has 1 aromatic carbocycles. The van der Waals surface area contributed by atoms with Gasteiger partial charge in [-0.25, -0.2) is 0 Å². The van der Waals surface area contributed by atoms with E-state index in [4.69, 9.17) is 9.47 Å². The lowest BCUT2D eigenvalue weighted by molar-refractivity contribution is 0.169. The summed E-state index contributed by atoms with van der Waals surface area (Å²) in [6.07, 6.45) is 0.828. The third kappa shape index (κ3) is 2.68. The van der Waals surface area contributed by atoms with Crippen molar-refractivity contribution in [3.8, 4) is 11.5 Å². The summed E-state index contributed by atoms with van der Waals surface area (Å²) in [5.41, 5.74) is 1.27. The van der Waals surface area contributed by atoms with Gasteiger partial charge in [-0.05, 0) is 55.6 Å². The highest BCUT2D eigenvalue weighted by molar-refractivity contribution is 9.11. The van der Waals surface area contributed by atoms with Gasteiger partial charge in [0.05, 0.1) is 5.69 Å². The van der Waals surface area contributed by atoms with E-state index in [1.807, 2.05) is 12.1 Å². The summed E-state index contributed by atoms with van der Waals surface area (Å²) in [5, 5.41) is 10.5. The van der Waals surface area contributed by atoms with Gasteiger partial charge in [0.15, 0.2) is 11.5 Å². The molecule has 0 saturated carbocycles. The maximum Gasteiger partial charge on any atom is 0.161 e. The summed E-state index contributed by atoms with van der Waals surface area (Å²) in [7, 11) is 0. The number of aromatic nitrogens is 1. The van der Waals surface area contributed by atoms with Gasteiger partial charge < -0.3 is 14.6 Å². The fraction of sp³-hybridized carbons (Fsp3) is 0.214. The summed E-state index contributed by atoms with van der Waals surface area (Å²) < 4.78 is 12.6. The zero-order valence-electron chi connectivity index (χ0n) is 10.3. The smallest absolute Gasteiger partial charge is 0.161 e. The summed E-state index contributed by atoms with van der Waals surface area (Å²) in [5.74, 6) is 1.36. The highest BCUT2D eigenvalue weighted by atomic mass is 79.9. The minimum Gasteiger partial charge on any atom is -0.486 e. The first-order chi connectivity index (χ1) is 9.65. The van der Waals surface area contributed by atoms with E-state index < -0.39 is 6.10 Å². The first-order valence-corrected chi connectivity index (χ1v) is 7.62. The number of benzene rings is 1. The van der Waals surface area contributed by atoms with Crippen molar-refractivity contribution in [3.05, 3.63) is 50.7 Å². The third-order valence-corrected chi connectivity index (χ3v) is 4.05. The molecule has 0 bridgehead atoms. The molecule has 2 aromatic rings. The lowest BCUT2D eigenvalue weighted by atomic mass is 10.1. The maximum absolute atomic E-state index is 10.5. The molecular weight excluding hydrogens is 390 g/mol. The minimum absolute atomic E-state index is 0.521. The van der Waals surface area contributed by atoms with E-state index in [0.29, 0.717) is 36.0 Å². The van der Waals surface area contributed by atoms with Crippen LogP contribution in [0.25, 0.3) is 0 Å². The Bertz CT molecular complexity index is 648. The number of nitrogens with zero attached hydrogens (tertiary/aromatic N) is 1. The molecule has 0 radical (unpaired) electrons. The number of aliphatic hydroxyl groups is 1. The molecule has 104 valence electrons. The summed E-state index contributed by atoms with van der Waals surface area (Å²) in [6.45, 7) is 1.07. The molecule has 1 unspecified atom stereocenters. The molecule has 0 saturated heterocycles. The molecule has 1 N–H and O–H groups in total. The van der Waals surface area contributed by atoms with Gasteiger partial charge >= 0.3 is 0 Å². The Kier molecular flexibility index (Phi) is 3.96. The topological polar surface area (TPSA) is 51.6 Å². The monoisotopic (exact) mass is 399 g/mol. The molecule has 4 nitrogen and oxygen atoms in total. The van der Waals surface area contributed by atoms with Crippen LogP contribution in [0, 0.1) is 0 Å². The van der Waals surface area contributed by atoms with Crippen LogP contribution < -0.4 is 9.47 Å². The molecule has 0 fully saturated rings. The van der Waals surface area contributed by atoms with Gasteiger partial charge in [0.1, 0.15) is 19.3 Å². The molecule has 0 spiro atoms. The highest BCUT2D eigenvalue weighted by Crippen LogP contribution is 2.35. The van der Waals surface area contributed by atoms with Gasteiger partial charge in [-0.1, -0.05) is 6.07 Å². The number of ether oxygens (including phenoxy) is 2. The van der Waals surface area contributed by atoms with E-state index in [-0.39, 0.29) is 0 Å². The molecule has 1 aliphatic rings. The SMILES string of the molecule is OC(c1ccc2c(c1)OCCO2)c1ncc(Br)cc1Br. The number of aliphatic hydroxyl groups excluding tert-OH is 1. The Morgan fingerprint density at radius 2 is 1.85 bits per heavy atom. The third-order valence-electron chi connectivity index (χ3n) is 2.98. The van der Waals surface area contributed by atoms with Crippen molar-refractivity contribution < 1.29 is 14.6 Å². The number of pyridine rings is 1. The number of halogens is 2. The highest BCUT2D eigenvalue weighted by Gasteiger charge is 2.19. The summed E-state index contributed by atoms with van der Waals surface area (Å²) in [6, 6.07) is 7.26. The molecule has 1 aromatic heterocycles. The van der Waals surface area contributed by atoms with Crippen LogP contribution in [-0.2, 0) is 0 Å². The number of hydrogen-bond acceptors (Lipinski definition) is 4. The van der Waals surface area contributed by atoms with E-state index in [1.165, 1.54) is 0 Å². The average Bonchev–Trinajstić information content (AvgIpc) is 2.46. The van der Waals surface area contributed by atoms with E-state index in [1.54, 1.807) is 18.3 Å². The molecule has 3 rings (SSSR count). The van der Waals surface area contributed by atoms with Crippen molar-refractivity contribution in [1.29, 1.82) is 0 Å². The fourth-order valence-corrected chi connectivity index (χ4v) is 3.22. The summed E-state index contributed by atoms with van der Waals surface area (Å²) in [4.78, 5) is 4.25. The predicted octanol–water partition coefficient (Wildman–Crippen LogP) is 3.46. The van der Waals surface area contributed by atoms with Crippen LogP contribution >= 0.6 is 31.9 Å². The summed E-state index contributed by atoms with van der Waals surface area (Å²) >= 11 is 6.75. The van der Waals surface area contributed by atoms with Crippen LogP contribution in [0.2, 0.25) is 0 Å². The van der Waals surface area contributed by atoms with Gasteiger partial charge in [0, 0.05) is 15.1 Å². The van der Waals surface area contributed by atoms with Crippen molar-refractivity contribution in [3.63, 3.8) is 0 Å². The molecule has 2 heterocycles. The second kappa shape index (κ2) is 5.71. The molecule has 1 aliphatic heterocycles. The molecule has 20 heavy (non-hydrogen) atoms. The number of hydrogen-bond donors (Lipinski definition) is 1. The predicted molar refractivity (Wildman–Crippen MR) is 81.1 cm³/mol. The first-order valence-electron chi connectivity index (χ1n) is 6.03. The van der Waals surface area contributed by atoms with Crippen molar-refractivity contribution >= 4 is 31.9 Å². The minimum atomic E-state index is -0.826. The standard InChI is InChI=1S/C14H11Br2NO3/c15-9-6-10(16)13(17-7-9)14(18)8-1-2-11-12(5-8)20-4-3-19-11/h1-2,5-7,14,18H,3-4H2. The largest absolute Gasteiger partial charge is 0.486 e.